The Labute approximate surface area is 115 Å². The fourth-order valence-electron chi connectivity index (χ4n) is 1.84. The second-order valence-corrected chi connectivity index (χ2v) is 5.00. The van der Waals surface area contributed by atoms with Crippen LogP contribution in [0.2, 0.25) is 5.02 Å². The molecule has 1 unspecified atom stereocenters. The first-order chi connectivity index (χ1) is 8.58. The Morgan fingerprint density at radius 2 is 2.17 bits per heavy atom. The zero-order valence-corrected chi connectivity index (χ0v) is 12.3. The van der Waals surface area contributed by atoms with E-state index in [0.29, 0.717) is 0 Å². The average Bonchev–Trinajstić information content (AvgIpc) is 2.34. The van der Waals surface area contributed by atoms with Gasteiger partial charge in [-0.15, -0.1) is 0 Å². The Balaban J connectivity index is 3.10. The summed E-state index contributed by atoms with van der Waals surface area (Å²) in [6.07, 6.45) is 3.29. The van der Waals surface area contributed by atoms with Crippen molar-refractivity contribution in [1.29, 1.82) is 0 Å². The van der Waals surface area contributed by atoms with Crippen molar-refractivity contribution < 1.29 is 4.74 Å². The first kappa shape index (κ1) is 15.1. The van der Waals surface area contributed by atoms with Crippen molar-refractivity contribution in [2.45, 2.75) is 33.2 Å². The highest BCUT2D eigenvalue weighted by Gasteiger charge is 2.13. The highest BCUT2D eigenvalue weighted by molar-refractivity contribution is 6.30. The van der Waals surface area contributed by atoms with Crippen LogP contribution < -0.4 is 10.1 Å². The van der Waals surface area contributed by atoms with E-state index in [1.807, 2.05) is 18.2 Å². The fraction of sp³-hybridized carbons (Fsp3) is 0.467. The normalized spacial score (nSPS) is 12.1. The van der Waals surface area contributed by atoms with Crippen molar-refractivity contribution in [1.82, 2.24) is 5.32 Å². The minimum Gasteiger partial charge on any atom is -0.496 e. The summed E-state index contributed by atoms with van der Waals surface area (Å²) in [6.45, 7) is 7.31. The van der Waals surface area contributed by atoms with Gasteiger partial charge in [-0.1, -0.05) is 30.2 Å². The van der Waals surface area contributed by atoms with Gasteiger partial charge in [-0.2, -0.15) is 0 Å². The number of nitrogens with one attached hydrogen (secondary N) is 1. The third-order valence-electron chi connectivity index (χ3n) is 2.64. The molecule has 0 spiro atoms. The molecule has 1 rings (SSSR count). The summed E-state index contributed by atoms with van der Waals surface area (Å²) in [5, 5.41) is 4.24. The Kier molecular flexibility index (Phi) is 6.23. The lowest BCUT2D eigenvalue weighted by atomic mass is 10.0. The minimum absolute atomic E-state index is 0.142. The van der Waals surface area contributed by atoms with Gasteiger partial charge in [0.15, 0.2) is 0 Å². The van der Waals surface area contributed by atoms with Crippen LogP contribution in [-0.2, 0) is 0 Å². The maximum Gasteiger partial charge on any atom is 0.124 e. The zero-order valence-electron chi connectivity index (χ0n) is 11.6. The van der Waals surface area contributed by atoms with Gasteiger partial charge in [-0.3, -0.25) is 0 Å². The van der Waals surface area contributed by atoms with Crippen molar-refractivity contribution in [2.75, 3.05) is 13.7 Å². The molecule has 1 atom stereocenters. The van der Waals surface area contributed by atoms with Crippen LogP contribution in [0.25, 0.3) is 0 Å². The maximum atomic E-state index is 6.08. The average molecular weight is 268 g/mol. The van der Waals surface area contributed by atoms with E-state index >= 15 is 0 Å². The number of rotatable bonds is 6. The molecule has 0 aliphatic heterocycles. The van der Waals surface area contributed by atoms with E-state index in [1.54, 1.807) is 7.11 Å². The molecule has 0 aliphatic rings. The van der Waals surface area contributed by atoms with Crippen LogP contribution in [0.4, 0.5) is 0 Å². The number of methoxy groups -OCH3 is 1. The Bertz CT molecular complexity index is 411. The summed E-state index contributed by atoms with van der Waals surface area (Å²) in [6, 6.07) is 5.87. The number of halogens is 1. The molecule has 0 bridgehead atoms. The van der Waals surface area contributed by atoms with Gasteiger partial charge < -0.3 is 10.1 Å². The molecule has 1 aromatic carbocycles. The van der Waals surface area contributed by atoms with E-state index in [4.69, 9.17) is 16.3 Å². The van der Waals surface area contributed by atoms with Gasteiger partial charge in [-0.25, -0.2) is 0 Å². The van der Waals surface area contributed by atoms with Crippen molar-refractivity contribution in [3.8, 4) is 5.75 Å². The van der Waals surface area contributed by atoms with E-state index in [0.717, 1.165) is 29.3 Å². The Morgan fingerprint density at radius 3 is 2.72 bits per heavy atom. The molecule has 0 radical (unpaired) electrons. The van der Waals surface area contributed by atoms with Crippen molar-refractivity contribution in [2.24, 2.45) is 0 Å². The molecular formula is C15H22ClNO. The second kappa shape index (κ2) is 7.45. The van der Waals surface area contributed by atoms with E-state index < -0.39 is 0 Å². The SMILES string of the molecule is CCCNC(C=C(C)C)c1cc(Cl)ccc1OC. The number of allylic oxidation sites excluding steroid dienone is 1. The monoisotopic (exact) mass is 267 g/mol. The van der Waals surface area contributed by atoms with Crippen LogP contribution in [0, 0.1) is 0 Å². The van der Waals surface area contributed by atoms with Gasteiger partial charge in [0.05, 0.1) is 13.2 Å². The quantitative estimate of drug-likeness (QED) is 0.774. The third-order valence-corrected chi connectivity index (χ3v) is 2.88. The van der Waals surface area contributed by atoms with E-state index in [9.17, 15) is 0 Å². The smallest absolute Gasteiger partial charge is 0.124 e. The molecular weight excluding hydrogens is 246 g/mol. The summed E-state index contributed by atoms with van der Waals surface area (Å²) in [7, 11) is 1.69. The van der Waals surface area contributed by atoms with Crippen LogP contribution >= 0.6 is 11.6 Å². The van der Waals surface area contributed by atoms with Gasteiger partial charge in [0, 0.05) is 10.6 Å². The minimum atomic E-state index is 0.142. The van der Waals surface area contributed by atoms with Gasteiger partial charge in [0.1, 0.15) is 5.75 Å². The van der Waals surface area contributed by atoms with Gasteiger partial charge in [0.25, 0.3) is 0 Å². The highest BCUT2D eigenvalue weighted by atomic mass is 35.5. The molecule has 2 nitrogen and oxygen atoms in total. The van der Waals surface area contributed by atoms with Crippen LogP contribution in [0.1, 0.15) is 38.8 Å². The molecule has 18 heavy (non-hydrogen) atoms. The van der Waals surface area contributed by atoms with E-state index in [1.165, 1.54) is 5.57 Å². The van der Waals surface area contributed by atoms with Crippen molar-refractivity contribution >= 4 is 11.6 Å². The lowest BCUT2D eigenvalue weighted by Crippen LogP contribution is -2.21. The molecule has 1 N–H and O–H groups in total. The van der Waals surface area contributed by atoms with Gasteiger partial charge in [-0.05, 0) is 45.0 Å². The van der Waals surface area contributed by atoms with Crippen LogP contribution in [0.3, 0.4) is 0 Å². The standard InChI is InChI=1S/C15H22ClNO/c1-5-8-17-14(9-11(2)3)13-10-12(16)6-7-15(13)18-4/h6-7,9-10,14,17H,5,8H2,1-4H3. The molecule has 0 heterocycles. The number of hydrogen-bond donors (Lipinski definition) is 1. The van der Waals surface area contributed by atoms with Crippen LogP contribution in [0.15, 0.2) is 29.8 Å². The number of ether oxygens (including phenoxy) is 1. The molecule has 3 heteroatoms. The lowest BCUT2D eigenvalue weighted by molar-refractivity contribution is 0.404. The summed E-state index contributed by atoms with van der Waals surface area (Å²) >= 11 is 6.08. The molecule has 100 valence electrons. The summed E-state index contributed by atoms with van der Waals surface area (Å²) < 4.78 is 5.41. The number of benzene rings is 1. The second-order valence-electron chi connectivity index (χ2n) is 4.56. The predicted molar refractivity (Wildman–Crippen MR) is 78.5 cm³/mol. The Morgan fingerprint density at radius 1 is 1.44 bits per heavy atom. The molecule has 0 aliphatic carbocycles. The highest BCUT2D eigenvalue weighted by Crippen LogP contribution is 2.29. The zero-order chi connectivity index (χ0) is 13.5. The molecule has 0 aromatic heterocycles. The van der Waals surface area contributed by atoms with Crippen molar-refractivity contribution in [3.63, 3.8) is 0 Å². The molecule has 0 saturated carbocycles. The summed E-state index contributed by atoms with van der Waals surface area (Å²) in [4.78, 5) is 0. The maximum absolute atomic E-state index is 6.08. The fourth-order valence-corrected chi connectivity index (χ4v) is 2.02. The third kappa shape index (κ3) is 4.35. The van der Waals surface area contributed by atoms with Gasteiger partial charge >= 0.3 is 0 Å². The summed E-state index contributed by atoms with van der Waals surface area (Å²) in [5.74, 6) is 0.866. The molecule has 0 fully saturated rings. The molecule has 0 saturated heterocycles. The van der Waals surface area contributed by atoms with Crippen LogP contribution in [-0.4, -0.2) is 13.7 Å². The molecule has 0 amide bonds. The summed E-state index contributed by atoms with van der Waals surface area (Å²) in [5.41, 5.74) is 2.35. The first-order valence-corrected chi connectivity index (χ1v) is 6.68. The first-order valence-electron chi connectivity index (χ1n) is 6.30. The van der Waals surface area contributed by atoms with Crippen LogP contribution in [0.5, 0.6) is 5.75 Å². The van der Waals surface area contributed by atoms with Crippen molar-refractivity contribution in [3.05, 3.63) is 40.4 Å². The lowest BCUT2D eigenvalue weighted by Gasteiger charge is -2.19. The van der Waals surface area contributed by atoms with E-state index in [-0.39, 0.29) is 6.04 Å². The predicted octanol–water partition coefficient (Wildman–Crippen LogP) is 4.36. The molecule has 1 aromatic rings. The topological polar surface area (TPSA) is 21.3 Å². The largest absolute Gasteiger partial charge is 0.496 e. The van der Waals surface area contributed by atoms with E-state index in [2.05, 4.69) is 32.2 Å². The number of hydrogen-bond acceptors (Lipinski definition) is 2. The Hall–Kier alpha value is -0.990. The van der Waals surface area contributed by atoms with Gasteiger partial charge in [0.2, 0.25) is 0 Å².